The van der Waals surface area contributed by atoms with E-state index in [0.717, 1.165) is 53.2 Å². The first-order valence-electron chi connectivity index (χ1n) is 10.3. The molecule has 0 amide bonds. The number of piperidine rings is 1. The van der Waals surface area contributed by atoms with E-state index in [-0.39, 0.29) is 0 Å². The summed E-state index contributed by atoms with van der Waals surface area (Å²) < 4.78 is 2.09. The van der Waals surface area contributed by atoms with Gasteiger partial charge in [-0.05, 0) is 49.1 Å². The summed E-state index contributed by atoms with van der Waals surface area (Å²) in [5.41, 5.74) is 2.68. The molecule has 1 saturated heterocycles. The molecule has 1 aromatic carbocycles. The van der Waals surface area contributed by atoms with Crippen molar-refractivity contribution in [2.24, 2.45) is 11.3 Å². The lowest BCUT2D eigenvalue weighted by atomic mass is 9.74. The smallest absolute Gasteiger partial charge is 0.211 e. The van der Waals surface area contributed by atoms with Crippen molar-refractivity contribution < 1.29 is 0 Å². The molecule has 1 spiro atoms. The van der Waals surface area contributed by atoms with Gasteiger partial charge in [0.1, 0.15) is 0 Å². The summed E-state index contributed by atoms with van der Waals surface area (Å²) in [4.78, 5) is 13.7. The summed E-state index contributed by atoms with van der Waals surface area (Å²) >= 11 is 14.1. The normalized spacial score (nSPS) is 21.1. The molecule has 2 aromatic heterocycles. The highest BCUT2D eigenvalue weighted by atomic mass is 35.5. The third-order valence-electron chi connectivity index (χ3n) is 6.60. The van der Waals surface area contributed by atoms with Gasteiger partial charge < -0.3 is 4.90 Å². The van der Waals surface area contributed by atoms with Gasteiger partial charge in [-0.3, -0.25) is 4.40 Å². The largest absolute Gasteiger partial charge is 0.342 e. The van der Waals surface area contributed by atoms with Gasteiger partial charge in [-0.1, -0.05) is 60.1 Å². The second kappa shape index (κ2) is 7.77. The highest BCUT2D eigenvalue weighted by molar-refractivity contribution is 7.99. The first kappa shape index (κ1) is 20.2. The van der Waals surface area contributed by atoms with Crippen LogP contribution in [0.15, 0.2) is 58.7 Å². The van der Waals surface area contributed by atoms with Crippen molar-refractivity contribution in [1.82, 2.24) is 14.4 Å². The number of nitrogens with zero attached hydrogens (tertiary/aromatic N) is 4. The maximum Gasteiger partial charge on any atom is 0.211 e. The van der Waals surface area contributed by atoms with Gasteiger partial charge >= 0.3 is 0 Å². The summed E-state index contributed by atoms with van der Waals surface area (Å²) in [7, 11) is 0. The molecule has 7 heteroatoms. The van der Waals surface area contributed by atoms with Gasteiger partial charge in [0.05, 0.1) is 14.9 Å². The number of halogens is 2. The Hall–Kier alpha value is -1.69. The highest BCUT2D eigenvalue weighted by Crippen LogP contribution is 2.52. The molecule has 2 aliphatic rings. The number of imidazole rings is 1. The summed E-state index contributed by atoms with van der Waals surface area (Å²) in [5, 5.41) is 1.11. The molecule has 1 aliphatic carbocycles. The van der Waals surface area contributed by atoms with Crippen LogP contribution in [-0.2, 0) is 0 Å². The molecule has 1 saturated carbocycles. The Morgan fingerprint density at radius 3 is 2.70 bits per heavy atom. The number of rotatable bonds is 3. The maximum atomic E-state index is 6.39. The van der Waals surface area contributed by atoms with Crippen LogP contribution < -0.4 is 4.90 Å². The maximum absolute atomic E-state index is 6.39. The molecule has 0 bridgehead atoms. The van der Waals surface area contributed by atoms with E-state index < -0.39 is 0 Å². The van der Waals surface area contributed by atoms with Crippen molar-refractivity contribution in [3.8, 4) is 0 Å². The van der Waals surface area contributed by atoms with Crippen molar-refractivity contribution >= 4 is 46.6 Å². The van der Waals surface area contributed by atoms with Crippen LogP contribution >= 0.6 is 35.0 Å². The van der Waals surface area contributed by atoms with Gasteiger partial charge in [-0.25, -0.2) is 9.97 Å². The predicted molar refractivity (Wildman–Crippen MR) is 125 cm³/mol. The van der Waals surface area contributed by atoms with E-state index in [1.807, 2.05) is 30.7 Å². The lowest BCUT2D eigenvalue weighted by molar-refractivity contribution is 0.265. The van der Waals surface area contributed by atoms with E-state index in [4.69, 9.17) is 28.2 Å². The molecule has 2 fully saturated rings. The second-order valence-corrected chi connectivity index (χ2v) is 10.5. The summed E-state index contributed by atoms with van der Waals surface area (Å²) in [6, 6.07) is 5.66. The van der Waals surface area contributed by atoms with E-state index in [1.54, 1.807) is 17.8 Å². The van der Waals surface area contributed by atoms with Crippen LogP contribution in [0, 0.1) is 11.3 Å². The first-order chi connectivity index (χ1) is 14.5. The number of hydrogen-bond donors (Lipinski definition) is 0. The quantitative estimate of drug-likeness (QED) is 0.405. The fraction of sp³-hybridized carbons (Fsp3) is 0.391. The Morgan fingerprint density at radius 2 is 1.97 bits per heavy atom. The average Bonchev–Trinajstić information content (AvgIpc) is 3.32. The lowest BCUT2D eigenvalue weighted by Crippen LogP contribution is -2.40. The molecule has 1 unspecified atom stereocenters. The number of anilines is 1. The number of aromatic nitrogens is 3. The zero-order valence-corrected chi connectivity index (χ0v) is 19.3. The van der Waals surface area contributed by atoms with E-state index in [1.165, 1.54) is 18.4 Å². The minimum absolute atomic E-state index is 0.336. The van der Waals surface area contributed by atoms with Crippen LogP contribution in [0.1, 0.15) is 32.6 Å². The fourth-order valence-electron chi connectivity index (χ4n) is 5.08. The molecule has 0 radical (unpaired) electrons. The van der Waals surface area contributed by atoms with Gasteiger partial charge in [0.15, 0.2) is 5.65 Å². The number of benzene rings is 1. The summed E-state index contributed by atoms with van der Waals surface area (Å²) in [6.45, 7) is 8.76. The average molecular weight is 459 g/mol. The van der Waals surface area contributed by atoms with E-state index >= 15 is 0 Å². The van der Waals surface area contributed by atoms with E-state index in [9.17, 15) is 0 Å². The van der Waals surface area contributed by atoms with Gasteiger partial charge in [0.2, 0.25) is 5.95 Å². The molecule has 5 rings (SSSR count). The number of fused-ring (bicyclic) bond motifs is 1. The number of hydrogen-bond acceptors (Lipinski definition) is 4. The van der Waals surface area contributed by atoms with Gasteiger partial charge in [0, 0.05) is 36.6 Å². The molecule has 4 nitrogen and oxygen atoms in total. The molecule has 0 N–H and O–H groups in total. The molecular formula is C23H24Cl2N4S. The molecule has 156 valence electrons. The first-order valence-corrected chi connectivity index (χ1v) is 11.9. The van der Waals surface area contributed by atoms with Crippen LogP contribution in [0.4, 0.5) is 5.95 Å². The van der Waals surface area contributed by atoms with Crippen LogP contribution in [0.3, 0.4) is 0 Å². The number of allylic oxidation sites excluding steroid dienone is 1. The molecule has 1 aliphatic heterocycles. The standard InChI is InChI=1S/C23H24Cl2N4S/c1-15-12-16(2)23(13-15)6-9-28(10-7-23)22-27-14-19(21-26-8-11-29(21)22)30-18-5-3-4-17(24)20(18)25/h3-5,8,11,14-15H,2,6-7,9-10,12-13H2,1H3. The molecule has 1 atom stereocenters. The predicted octanol–water partition coefficient (Wildman–Crippen LogP) is 6.76. The van der Waals surface area contributed by atoms with Crippen molar-refractivity contribution in [1.29, 1.82) is 0 Å². The summed E-state index contributed by atoms with van der Waals surface area (Å²) in [6.07, 6.45) is 10.5. The van der Waals surface area contributed by atoms with E-state index in [0.29, 0.717) is 15.5 Å². The van der Waals surface area contributed by atoms with E-state index in [2.05, 4.69) is 27.8 Å². The van der Waals surface area contributed by atoms with Crippen LogP contribution in [0.5, 0.6) is 0 Å². The highest BCUT2D eigenvalue weighted by Gasteiger charge is 2.43. The SMILES string of the molecule is C=C1CC(C)CC12CCN(c1ncc(Sc3cccc(Cl)c3Cl)c3nccn13)CC2. The lowest BCUT2D eigenvalue weighted by Gasteiger charge is -2.41. The third kappa shape index (κ3) is 3.41. The Balaban J connectivity index is 1.41. The monoisotopic (exact) mass is 458 g/mol. The minimum Gasteiger partial charge on any atom is -0.342 e. The van der Waals surface area contributed by atoms with Crippen LogP contribution in [0.2, 0.25) is 10.0 Å². The minimum atomic E-state index is 0.336. The van der Waals surface area contributed by atoms with Crippen molar-refractivity contribution in [3.05, 3.63) is 59.0 Å². The molecular weight excluding hydrogens is 435 g/mol. The molecule has 3 aromatic rings. The fourth-order valence-corrected chi connectivity index (χ4v) is 6.49. The second-order valence-electron chi connectivity index (χ2n) is 8.58. The van der Waals surface area contributed by atoms with Gasteiger partial charge in [-0.2, -0.15) is 0 Å². The van der Waals surface area contributed by atoms with Crippen LogP contribution in [-0.4, -0.2) is 27.5 Å². The Labute approximate surface area is 191 Å². The zero-order valence-electron chi connectivity index (χ0n) is 16.9. The molecule has 3 heterocycles. The van der Waals surface area contributed by atoms with Gasteiger partial charge in [-0.15, -0.1) is 0 Å². The van der Waals surface area contributed by atoms with Crippen molar-refractivity contribution in [3.63, 3.8) is 0 Å². The van der Waals surface area contributed by atoms with Crippen molar-refractivity contribution in [2.45, 2.75) is 42.4 Å². The topological polar surface area (TPSA) is 33.4 Å². The Morgan fingerprint density at radius 1 is 1.17 bits per heavy atom. The molecule has 30 heavy (non-hydrogen) atoms. The Kier molecular flexibility index (Phi) is 5.24. The Bertz CT molecular complexity index is 1120. The van der Waals surface area contributed by atoms with Crippen LogP contribution in [0.25, 0.3) is 5.65 Å². The third-order valence-corrected chi connectivity index (χ3v) is 8.60. The van der Waals surface area contributed by atoms with Crippen molar-refractivity contribution in [2.75, 3.05) is 18.0 Å². The summed E-state index contributed by atoms with van der Waals surface area (Å²) in [5.74, 6) is 1.72. The zero-order chi connectivity index (χ0) is 20.9. The van der Waals surface area contributed by atoms with Gasteiger partial charge in [0.25, 0.3) is 0 Å².